The van der Waals surface area contributed by atoms with Crippen molar-refractivity contribution in [1.82, 2.24) is 5.32 Å². The Labute approximate surface area is 136 Å². The molecule has 0 aliphatic carbocycles. The molecular weight excluding hydrogens is 302 g/mol. The molecule has 6 heteroatoms. The monoisotopic (exact) mass is 326 g/mol. The zero-order valence-electron chi connectivity index (χ0n) is 12.5. The van der Waals surface area contributed by atoms with E-state index in [0.717, 1.165) is 45.0 Å². The molecule has 0 radical (unpaired) electrons. The minimum atomic E-state index is 0.702. The van der Waals surface area contributed by atoms with Crippen LogP contribution in [0.3, 0.4) is 0 Å². The molecule has 0 saturated carbocycles. The quantitative estimate of drug-likeness (QED) is 0.413. The van der Waals surface area contributed by atoms with E-state index in [1.165, 1.54) is 11.4 Å². The minimum absolute atomic E-state index is 0.702. The first-order chi connectivity index (χ1) is 10.3. The molecule has 0 amide bonds. The van der Waals surface area contributed by atoms with Gasteiger partial charge in [0.1, 0.15) is 13.1 Å². The molecule has 0 spiro atoms. The van der Waals surface area contributed by atoms with E-state index in [4.69, 9.17) is 17.0 Å². The Balaban J connectivity index is 1.65. The van der Waals surface area contributed by atoms with E-state index >= 15 is 0 Å². The van der Waals surface area contributed by atoms with E-state index in [0.29, 0.717) is 5.11 Å². The number of hydrogen-bond acceptors (Lipinski definition) is 3. The first-order valence-corrected chi connectivity index (χ1v) is 9.02. The van der Waals surface area contributed by atoms with Crippen LogP contribution in [0.25, 0.3) is 0 Å². The van der Waals surface area contributed by atoms with Gasteiger partial charge in [0.15, 0.2) is 5.11 Å². The molecule has 116 valence electrons. The van der Waals surface area contributed by atoms with Gasteiger partial charge < -0.3 is 20.3 Å². The number of morpholine rings is 1. The van der Waals surface area contributed by atoms with Crippen LogP contribution in [0, 0.1) is 0 Å². The molecule has 4 nitrogen and oxygen atoms in total. The maximum atomic E-state index is 5.36. The molecule has 0 atom stereocenters. The van der Waals surface area contributed by atoms with Gasteiger partial charge in [-0.2, -0.15) is 0 Å². The second-order valence-electron chi connectivity index (χ2n) is 5.05. The summed E-state index contributed by atoms with van der Waals surface area (Å²) in [5.74, 6) is 0. The van der Waals surface area contributed by atoms with E-state index in [1.54, 1.807) is 16.7 Å². The fourth-order valence-electron chi connectivity index (χ4n) is 2.36. The van der Waals surface area contributed by atoms with Gasteiger partial charge in [-0.1, -0.05) is 12.1 Å². The molecule has 0 bridgehead atoms. The van der Waals surface area contributed by atoms with Crippen molar-refractivity contribution < 1.29 is 9.64 Å². The predicted octanol–water partition coefficient (Wildman–Crippen LogP) is 1.00. The number of quaternary nitrogens is 1. The van der Waals surface area contributed by atoms with Crippen LogP contribution < -0.4 is 15.5 Å². The van der Waals surface area contributed by atoms with Crippen LogP contribution in [-0.4, -0.2) is 50.8 Å². The Kier molecular flexibility index (Phi) is 7.29. The molecule has 1 aliphatic rings. The summed E-state index contributed by atoms with van der Waals surface area (Å²) >= 11 is 7.07. The first kappa shape index (κ1) is 16.5. The van der Waals surface area contributed by atoms with Gasteiger partial charge in [-0.05, 0) is 30.6 Å². The van der Waals surface area contributed by atoms with Crippen LogP contribution in [0.5, 0.6) is 0 Å². The Bertz CT molecular complexity index is 450. The number of rotatable bonds is 6. The average Bonchev–Trinajstić information content (AvgIpc) is 2.53. The lowest BCUT2D eigenvalue weighted by molar-refractivity contribution is -0.908. The number of benzene rings is 1. The van der Waals surface area contributed by atoms with Crippen molar-refractivity contribution in [3.8, 4) is 0 Å². The Morgan fingerprint density at radius 2 is 2.10 bits per heavy atom. The van der Waals surface area contributed by atoms with Crippen molar-refractivity contribution in [2.24, 2.45) is 0 Å². The number of ether oxygens (including phenoxy) is 1. The van der Waals surface area contributed by atoms with Gasteiger partial charge in [-0.15, -0.1) is 11.8 Å². The summed E-state index contributed by atoms with van der Waals surface area (Å²) in [6.45, 7) is 6.15. The van der Waals surface area contributed by atoms with Gasteiger partial charge in [0, 0.05) is 17.9 Å². The topological polar surface area (TPSA) is 37.7 Å². The van der Waals surface area contributed by atoms with Crippen LogP contribution in [0.1, 0.15) is 6.42 Å². The average molecular weight is 327 g/mol. The second kappa shape index (κ2) is 9.25. The van der Waals surface area contributed by atoms with Gasteiger partial charge in [-0.25, -0.2) is 0 Å². The van der Waals surface area contributed by atoms with Gasteiger partial charge in [0.25, 0.3) is 0 Å². The van der Waals surface area contributed by atoms with Gasteiger partial charge in [-0.3, -0.25) is 0 Å². The molecule has 3 N–H and O–H groups in total. The van der Waals surface area contributed by atoms with Crippen molar-refractivity contribution >= 4 is 34.8 Å². The van der Waals surface area contributed by atoms with Crippen LogP contribution in [-0.2, 0) is 4.74 Å². The predicted molar refractivity (Wildman–Crippen MR) is 93.4 cm³/mol. The summed E-state index contributed by atoms with van der Waals surface area (Å²) < 4.78 is 5.36. The van der Waals surface area contributed by atoms with Gasteiger partial charge >= 0.3 is 0 Å². The number of thioether (sulfide) groups is 1. The highest BCUT2D eigenvalue weighted by atomic mass is 32.2. The Hall–Kier alpha value is -0.820. The minimum Gasteiger partial charge on any atom is -0.370 e. The van der Waals surface area contributed by atoms with Gasteiger partial charge in [0.2, 0.25) is 0 Å². The summed E-state index contributed by atoms with van der Waals surface area (Å²) in [6.07, 6.45) is 3.20. The van der Waals surface area contributed by atoms with Crippen molar-refractivity contribution in [2.45, 2.75) is 11.3 Å². The molecule has 1 aromatic carbocycles. The molecule has 0 unspecified atom stereocenters. The summed E-state index contributed by atoms with van der Waals surface area (Å²) in [5, 5.41) is 7.26. The SMILES string of the molecule is CSc1ccccc1NC(=S)NCCC[NH+]1CCOCC1. The largest absolute Gasteiger partial charge is 0.370 e. The smallest absolute Gasteiger partial charge is 0.170 e. The van der Waals surface area contributed by atoms with Crippen LogP contribution in [0.4, 0.5) is 5.69 Å². The highest BCUT2D eigenvalue weighted by Gasteiger charge is 2.12. The highest BCUT2D eigenvalue weighted by Crippen LogP contribution is 2.24. The molecular formula is C15H24N3OS2+. The fourth-order valence-corrected chi connectivity index (χ4v) is 3.13. The van der Waals surface area contributed by atoms with Crippen LogP contribution in [0.2, 0.25) is 0 Å². The van der Waals surface area contributed by atoms with Crippen molar-refractivity contribution in [2.75, 3.05) is 51.0 Å². The standard InChI is InChI=1S/C15H23N3OS2/c1-21-14-6-3-2-5-13(14)17-15(20)16-7-4-8-18-9-11-19-12-10-18/h2-3,5-6H,4,7-12H2,1H3,(H2,16,17,20)/p+1. The normalized spacial score (nSPS) is 15.7. The summed E-state index contributed by atoms with van der Waals surface area (Å²) in [6, 6.07) is 8.21. The van der Waals surface area contributed by atoms with Gasteiger partial charge in [0.05, 0.1) is 25.4 Å². The van der Waals surface area contributed by atoms with Crippen molar-refractivity contribution in [1.29, 1.82) is 0 Å². The Morgan fingerprint density at radius 3 is 2.86 bits per heavy atom. The number of anilines is 1. The maximum Gasteiger partial charge on any atom is 0.170 e. The second-order valence-corrected chi connectivity index (χ2v) is 6.30. The van der Waals surface area contributed by atoms with E-state index < -0.39 is 0 Å². The van der Waals surface area contributed by atoms with E-state index in [-0.39, 0.29) is 0 Å². The molecule has 1 fully saturated rings. The van der Waals surface area contributed by atoms with E-state index in [9.17, 15) is 0 Å². The molecule has 21 heavy (non-hydrogen) atoms. The van der Waals surface area contributed by atoms with Crippen LogP contribution >= 0.6 is 24.0 Å². The highest BCUT2D eigenvalue weighted by molar-refractivity contribution is 7.98. The number of hydrogen-bond donors (Lipinski definition) is 3. The molecule has 1 heterocycles. The van der Waals surface area contributed by atoms with Crippen molar-refractivity contribution in [3.63, 3.8) is 0 Å². The molecule has 0 aromatic heterocycles. The lowest BCUT2D eigenvalue weighted by Gasteiger charge is -2.23. The summed E-state index contributed by atoms with van der Waals surface area (Å²) in [7, 11) is 0. The van der Waals surface area contributed by atoms with Crippen LogP contribution in [0.15, 0.2) is 29.2 Å². The lowest BCUT2D eigenvalue weighted by atomic mass is 10.3. The molecule has 1 saturated heterocycles. The third-order valence-electron chi connectivity index (χ3n) is 3.55. The molecule has 2 rings (SSSR count). The van der Waals surface area contributed by atoms with E-state index in [2.05, 4.69) is 29.0 Å². The maximum absolute atomic E-state index is 5.36. The zero-order valence-corrected chi connectivity index (χ0v) is 14.1. The van der Waals surface area contributed by atoms with Crippen molar-refractivity contribution in [3.05, 3.63) is 24.3 Å². The number of para-hydroxylation sites is 1. The van der Waals surface area contributed by atoms with E-state index in [1.807, 2.05) is 12.1 Å². The number of nitrogens with one attached hydrogen (secondary N) is 3. The molecule has 1 aliphatic heterocycles. The fraction of sp³-hybridized carbons (Fsp3) is 0.533. The Morgan fingerprint density at radius 1 is 1.33 bits per heavy atom. The summed E-state index contributed by atoms with van der Waals surface area (Å²) in [5.41, 5.74) is 1.07. The zero-order chi connectivity index (χ0) is 14.9. The summed E-state index contributed by atoms with van der Waals surface area (Å²) in [4.78, 5) is 2.84. The lowest BCUT2D eigenvalue weighted by Crippen LogP contribution is -3.14. The molecule has 1 aromatic rings. The third kappa shape index (κ3) is 5.82. The third-order valence-corrected chi connectivity index (χ3v) is 4.59. The number of thiocarbonyl (C=S) groups is 1. The first-order valence-electron chi connectivity index (χ1n) is 7.39.